The molecular weight excluding hydrogens is 222 g/mol. The molecule has 1 fully saturated rings. The second-order valence-corrected chi connectivity index (χ2v) is 4.97. The van der Waals surface area contributed by atoms with Crippen LogP contribution in [0.1, 0.15) is 26.7 Å². The van der Waals surface area contributed by atoms with E-state index in [0.717, 1.165) is 0 Å². The van der Waals surface area contributed by atoms with Crippen molar-refractivity contribution in [3.63, 3.8) is 0 Å². The summed E-state index contributed by atoms with van der Waals surface area (Å²) in [5, 5.41) is 5.36. The summed E-state index contributed by atoms with van der Waals surface area (Å²) in [5.41, 5.74) is 4.73. The summed E-state index contributed by atoms with van der Waals surface area (Å²) < 4.78 is 4.70. The lowest BCUT2D eigenvalue weighted by atomic mass is 9.73. The van der Waals surface area contributed by atoms with Gasteiger partial charge in [-0.3, -0.25) is 0 Å². The fourth-order valence-electron chi connectivity index (χ4n) is 1.91. The minimum atomic E-state index is -0.935. The molecular formula is C11H21N3O3. The number of urea groups is 1. The molecule has 1 rings (SSSR count). The zero-order valence-electron chi connectivity index (χ0n) is 10.6. The summed E-state index contributed by atoms with van der Waals surface area (Å²) in [4.78, 5) is 23.2. The SMILES string of the molecule is COC(=O)C1(NC(=O)NCC(C)C)CC(N)C1. The molecule has 0 aliphatic heterocycles. The standard InChI is InChI=1S/C11H21N3O3/c1-7(2)6-13-10(16)14-11(9(15)17-3)4-8(12)5-11/h7-8H,4-6,12H2,1-3H3,(H2,13,14,16). The molecule has 0 aromatic carbocycles. The summed E-state index contributed by atoms with van der Waals surface area (Å²) in [6.45, 7) is 4.56. The van der Waals surface area contributed by atoms with Crippen molar-refractivity contribution in [1.82, 2.24) is 10.6 Å². The summed E-state index contributed by atoms with van der Waals surface area (Å²) in [6.07, 6.45) is 0.851. The van der Waals surface area contributed by atoms with E-state index in [2.05, 4.69) is 10.6 Å². The number of methoxy groups -OCH3 is 1. The van der Waals surface area contributed by atoms with Crippen molar-refractivity contribution in [3.05, 3.63) is 0 Å². The van der Waals surface area contributed by atoms with Crippen LogP contribution in [0.25, 0.3) is 0 Å². The summed E-state index contributed by atoms with van der Waals surface area (Å²) >= 11 is 0. The minimum absolute atomic E-state index is 0.0560. The molecule has 17 heavy (non-hydrogen) atoms. The van der Waals surface area contributed by atoms with Gasteiger partial charge in [-0.2, -0.15) is 0 Å². The van der Waals surface area contributed by atoms with Crippen LogP contribution in [0.4, 0.5) is 4.79 Å². The molecule has 6 nitrogen and oxygen atoms in total. The molecule has 6 heteroatoms. The first-order valence-corrected chi connectivity index (χ1v) is 5.79. The van der Waals surface area contributed by atoms with E-state index in [1.165, 1.54) is 7.11 Å². The van der Waals surface area contributed by atoms with Gasteiger partial charge in [0, 0.05) is 12.6 Å². The van der Waals surface area contributed by atoms with Gasteiger partial charge in [0.2, 0.25) is 0 Å². The van der Waals surface area contributed by atoms with Crippen LogP contribution in [-0.4, -0.2) is 37.2 Å². The number of amides is 2. The number of carbonyl (C=O) groups is 2. The number of nitrogens with two attached hydrogens (primary N) is 1. The second-order valence-electron chi connectivity index (χ2n) is 4.97. The lowest BCUT2D eigenvalue weighted by Gasteiger charge is -2.43. The van der Waals surface area contributed by atoms with E-state index in [9.17, 15) is 9.59 Å². The quantitative estimate of drug-likeness (QED) is 0.605. The number of nitrogens with one attached hydrogen (secondary N) is 2. The third-order valence-corrected chi connectivity index (χ3v) is 2.82. The zero-order valence-corrected chi connectivity index (χ0v) is 10.6. The van der Waals surface area contributed by atoms with Gasteiger partial charge in [0.25, 0.3) is 0 Å². The van der Waals surface area contributed by atoms with Gasteiger partial charge in [-0.15, -0.1) is 0 Å². The van der Waals surface area contributed by atoms with Gasteiger partial charge < -0.3 is 21.1 Å². The van der Waals surface area contributed by atoms with E-state index < -0.39 is 11.5 Å². The largest absolute Gasteiger partial charge is 0.467 e. The van der Waals surface area contributed by atoms with Crippen LogP contribution in [0.2, 0.25) is 0 Å². The molecule has 4 N–H and O–H groups in total. The summed E-state index contributed by atoms with van der Waals surface area (Å²) in [7, 11) is 1.31. The Morgan fingerprint density at radius 3 is 2.47 bits per heavy atom. The van der Waals surface area contributed by atoms with E-state index >= 15 is 0 Å². The molecule has 1 saturated carbocycles. The highest BCUT2D eigenvalue weighted by Crippen LogP contribution is 2.32. The first-order chi connectivity index (χ1) is 7.89. The highest BCUT2D eigenvalue weighted by Gasteiger charge is 2.51. The zero-order chi connectivity index (χ0) is 13.1. The second kappa shape index (κ2) is 5.35. The normalized spacial score (nSPS) is 27.2. The predicted molar refractivity (Wildman–Crippen MR) is 63.3 cm³/mol. The van der Waals surface area contributed by atoms with Crippen LogP contribution >= 0.6 is 0 Å². The third-order valence-electron chi connectivity index (χ3n) is 2.82. The first kappa shape index (κ1) is 13.8. The topological polar surface area (TPSA) is 93.4 Å². The third kappa shape index (κ3) is 3.33. The maximum Gasteiger partial charge on any atom is 0.331 e. The molecule has 2 amide bonds. The molecule has 0 heterocycles. The number of esters is 1. The Morgan fingerprint density at radius 1 is 1.47 bits per heavy atom. The average molecular weight is 243 g/mol. The van der Waals surface area contributed by atoms with Crippen molar-refractivity contribution in [2.24, 2.45) is 11.7 Å². The molecule has 1 aliphatic rings. The fourth-order valence-corrected chi connectivity index (χ4v) is 1.91. The fraction of sp³-hybridized carbons (Fsp3) is 0.818. The Morgan fingerprint density at radius 2 is 2.06 bits per heavy atom. The Balaban J connectivity index is 2.51. The average Bonchev–Trinajstić information content (AvgIpc) is 2.22. The van der Waals surface area contributed by atoms with Gasteiger partial charge in [-0.05, 0) is 18.8 Å². The molecule has 0 saturated heterocycles. The van der Waals surface area contributed by atoms with Gasteiger partial charge in [-0.1, -0.05) is 13.8 Å². The minimum Gasteiger partial charge on any atom is -0.467 e. The van der Waals surface area contributed by atoms with E-state index in [4.69, 9.17) is 10.5 Å². The van der Waals surface area contributed by atoms with Crippen molar-refractivity contribution in [3.8, 4) is 0 Å². The molecule has 0 radical (unpaired) electrons. The molecule has 0 aromatic rings. The van der Waals surface area contributed by atoms with Crippen LogP contribution < -0.4 is 16.4 Å². The molecule has 0 bridgehead atoms. The Kier molecular flexibility index (Phi) is 4.34. The van der Waals surface area contributed by atoms with E-state index in [0.29, 0.717) is 25.3 Å². The molecule has 0 spiro atoms. The highest BCUT2D eigenvalue weighted by atomic mass is 16.5. The van der Waals surface area contributed by atoms with Crippen LogP contribution in [0.15, 0.2) is 0 Å². The molecule has 0 atom stereocenters. The summed E-state index contributed by atoms with van der Waals surface area (Å²) in [5.74, 6) is -0.0719. The van der Waals surface area contributed by atoms with Crippen molar-refractivity contribution < 1.29 is 14.3 Å². The molecule has 98 valence electrons. The number of ether oxygens (including phenoxy) is 1. The van der Waals surface area contributed by atoms with Crippen LogP contribution in [0, 0.1) is 5.92 Å². The number of rotatable bonds is 4. The Labute approximate surface area is 101 Å². The van der Waals surface area contributed by atoms with Gasteiger partial charge in [-0.25, -0.2) is 9.59 Å². The Bertz CT molecular complexity index is 298. The van der Waals surface area contributed by atoms with Gasteiger partial charge >= 0.3 is 12.0 Å². The Hall–Kier alpha value is -1.30. The van der Waals surface area contributed by atoms with E-state index in [-0.39, 0.29) is 12.1 Å². The van der Waals surface area contributed by atoms with Gasteiger partial charge in [0.15, 0.2) is 0 Å². The molecule has 1 aliphatic carbocycles. The summed E-state index contributed by atoms with van der Waals surface area (Å²) in [6, 6.07) is -0.407. The van der Waals surface area contributed by atoms with Crippen molar-refractivity contribution in [2.75, 3.05) is 13.7 Å². The predicted octanol–water partition coefficient (Wildman–Crippen LogP) is -0.0255. The number of hydrogen-bond acceptors (Lipinski definition) is 4. The van der Waals surface area contributed by atoms with E-state index in [1.54, 1.807) is 0 Å². The van der Waals surface area contributed by atoms with Crippen LogP contribution in [-0.2, 0) is 9.53 Å². The number of hydrogen-bond donors (Lipinski definition) is 3. The lowest BCUT2D eigenvalue weighted by molar-refractivity contribution is -0.152. The van der Waals surface area contributed by atoms with Crippen molar-refractivity contribution in [2.45, 2.75) is 38.3 Å². The number of carbonyl (C=O) groups excluding carboxylic acids is 2. The maximum atomic E-state index is 11.6. The van der Waals surface area contributed by atoms with Crippen molar-refractivity contribution >= 4 is 12.0 Å². The first-order valence-electron chi connectivity index (χ1n) is 5.79. The molecule has 0 unspecified atom stereocenters. The monoisotopic (exact) mass is 243 g/mol. The van der Waals surface area contributed by atoms with Gasteiger partial charge in [0.1, 0.15) is 5.54 Å². The smallest absolute Gasteiger partial charge is 0.331 e. The van der Waals surface area contributed by atoms with Gasteiger partial charge in [0.05, 0.1) is 7.11 Å². The van der Waals surface area contributed by atoms with Crippen LogP contribution in [0.5, 0.6) is 0 Å². The van der Waals surface area contributed by atoms with Crippen LogP contribution in [0.3, 0.4) is 0 Å². The van der Waals surface area contributed by atoms with Crippen molar-refractivity contribution in [1.29, 1.82) is 0 Å². The lowest BCUT2D eigenvalue weighted by Crippen LogP contribution is -2.67. The molecule has 0 aromatic heterocycles. The highest BCUT2D eigenvalue weighted by molar-refractivity contribution is 5.88. The maximum absolute atomic E-state index is 11.6. The van der Waals surface area contributed by atoms with E-state index in [1.807, 2.05) is 13.8 Å².